The number of aliphatic imine (C=N–C) groups is 2. The summed E-state index contributed by atoms with van der Waals surface area (Å²) in [6.07, 6.45) is 15.1. The van der Waals surface area contributed by atoms with Crippen molar-refractivity contribution >= 4 is 23.8 Å². The second kappa shape index (κ2) is 8.54. The molecule has 0 bridgehead atoms. The number of pyridine rings is 1. The van der Waals surface area contributed by atoms with Crippen molar-refractivity contribution in [2.24, 2.45) is 9.98 Å². The van der Waals surface area contributed by atoms with E-state index >= 15 is 0 Å². The van der Waals surface area contributed by atoms with Crippen LogP contribution in [0.3, 0.4) is 0 Å². The lowest BCUT2D eigenvalue weighted by Crippen LogP contribution is -1.95. The Morgan fingerprint density at radius 1 is 1.33 bits per heavy atom. The summed E-state index contributed by atoms with van der Waals surface area (Å²) in [6, 6.07) is 2.02. The van der Waals surface area contributed by atoms with E-state index < -0.39 is 0 Å². The maximum atomic E-state index is 4.90. The summed E-state index contributed by atoms with van der Waals surface area (Å²) in [7, 11) is 0. The Hall–Kier alpha value is -3.08. The van der Waals surface area contributed by atoms with Gasteiger partial charge in [-0.2, -0.15) is 5.10 Å². The van der Waals surface area contributed by atoms with Gasteiger partial charge < -0.3 is 0 Å². The second-order valence-electron chi connectivity index (χ2n) is 6.27. The minimum atomic E-state index is 0.848. The van der Waals surface area contributed by atoms with Crippen molar-refractivity contribution in [3.05, 3.63) is 60.2 Å². The highest BCUT2D eigenvalue weighted by Gasteiger charge is 2.26. The molecule has 0 aliphatic carbocycles. The van der Waals surface area contributed by atoms with E-state index in [1.54, 1.807) is 18.5 Å². The lowest BCUT2D eigenvalue weighted by atomic mass is 9.98. The second-order valence-corrected chi connectivity index (χ2v) is 6.27. The van der Waals surface area contributed by atoms with Gasteiger partial charge in [0.15, 0.2) is 0 Å². The highest BCUT2D eigenvalue weighted by atomic mass is 15.3. The van der Waals surface area contributed by atoms with Crippen molar-refractivity contribution in [2.45, 2.75) is 40.2 Å². The molecule has 0 radical (unpaired) electrons. The van der Waals surface area contributed by atoms with Crippen LogP contribution < -0.4 is 0 Å². The van der Waals surface area contributed by atoms with Gasteiger partial charge in [-0.3, -0.25) is 19.7 Å². The van der Waals surface area contributed by atoms with Gasteiger partial charge in [-0.25, -0.2) is 0 Å². The van der Waals surface area contributed by atoms with Crippen LogP contribution in [0.25, 0.3) is 16.8 Å². The first-order valence-corrected chi connectivity index (χ1v) is 9.24. The fourth-order valence-corrected chi connectivity index (χ4v) is 3.35. The van der Waals surface area contributed by atoms with Gasteiger partial charge in [0.25, 0.3) is 0 Å². The number of fused-ring (bicyclic) bond motifs is 1. The molecule has 0 saturated heterocycles. The molecule has 0 amide bonds. The summed E-state index contributed by atoms with van der Waals surface area (Å²) in [5, 5.41) is 4.90. The number of hydrogen-bond acceptors (Lipinski definition) is 4. The average molecular weight is 359 g/mol. The van der Waals surface area contributed by atoms with Crippen LogP contribution in [0.2, 0.25) is 0 Å². The van der Waals surface area contributed by atoms with Gasteiger partial charge in [-0.1, -0.05) is 24.8 Å². The zero-order chi connectivity index (χ0) is 19.2. The monoisotopic (exact) mass is 359 g/mol. The Morgan fingerprint density at radius 3 is 2.93 bits per heavy atom. The van der Waals surface area contributed by atoms with E-state index in [1.165, 1.54) is 5.69 Å². The first-order chi connectivity index (χ1) is 13.2. The molecule has 0 atom stereocenters. The van der Waals surface area contributed by atoms with E-state index in [9.17, 15) is 0 Å². The number of aryl methyl sites for hydroxylation is 2. The normalized spacial score (nSPS) is 14.7. The van der Waals surface area contributed by atoms with E-state index in [4.69, 9.17) is 5.10 Å². The minimum absolute atomic E-state index is 0.848. The third kappa shape index (κ3) is 3.72. The molecule has 138 valence electrons. The van der Waals surface area contributed by atoms with Gasteiger partial charge in [-0.15, -0.1) is 0 Å². The summed E-state index contributed by atoms with van der Waals surface area (Å²) in [4.78, 5) is 13.6. The smallest absolute Gasteiger partial charge is 0.119 e. The Kier molecular flexibility index (Phi) is 5.91. The lowest BCUT2D eigenvalue weighted by Gasteiger charge is -2.10. The molecule has 1 aliphatic rings. The van der Waals surface area contributed by atoms with Gasteiger partial charge in [0.2, 0.25) is 0 Å². The van der Waals surface area contributed by atoms with Crippen LogP contribution in [0.15, 0.2) is 53.1 Å². The maximum absolute atomic E-state index is 4.90. The van der Waals surface area contributed by atoms with E-state index in [0.29, 0.717) is 0 Å². The predicted molar refractivity (Wildman–Crippen MR) is 114 cm³/mol. The Balaban J connectivity index is 2.30. The van der Waals surface area contributed by atoms with Crippen molar-refractivity contribution < 1.29 is 0 Å². The molecule has 0 fully saturated rings. The Bertz CT molecular complexity index is 957. The zero-order valence-corrected chi connectivity index (χ0v) is 16.2. The van der Waals surface area contributed by atoms with Crippen LogP contribution in [-0.2, 0) is 13.0 Å². The van der Waals surface area contributed by atoms with Crippen molar-refractivity contribution in [2.75, 3.05) is 0 Å². The number of allylic oxidation sites excluding steroid dienone is 4. The van der Waals surface area contributed by atoms with E-state index in [-0.39, 0.29) is 0 Å². The van der Waals surface area contributed by atoms with Gasteiger partial charge in [0.1, 0.15) is 5.69 Å². The lowest BCUT2D eigenvalue weighted by molar-refractivity contribution is 0.654. The van der Waals surface area contributed by atoms with Crippen LogP contribution in [0.1, 0.15) is 37.4 Å². The van der Waals surface area contributed by atoms with Crippen molar-refractivity contribution in [1.82, 2.24) is 14.8 Å². The van der Waals surface area contributed by atoms with Crippen molar-refractivity contribution in [3.63, 3.8) is 0 Å². The maximum Gasteiger partial charge on any atom is 0.119 e. The minimum Gasteiger partial charge on any atom is -0.268 e. The van der Waals surface area contributed by atoms with Crippen LogP contribution in [0, 0.1) is 6.92 Å². The molecule has 5 nitrogen and oxygen atoms in total. The molecule has 2 aromatic rings. The molecule has 3 rings (SSSR count). The highest BCUT2D eigenvalue weighted by molar-refractivity contribution is 5.90. The standard InChI is InChI=1S/C22H25N5/c1-5-8-10-18(23-7-3)22-20(19-11-9-15-27(19)26-22)17-12-14-24-16(4)21(17)25-13-6-2/h5-8,10,12-14H,2,9,11,15H2,1,3-4H3/b8-5-,18-10-,23-7?,25-13?. The summed E-state index contributed by atoms with van der Waals surface area (Å²) in [6.45, 7) is 10.6. The quantitative estimate of drug-likeness (QED) is 0.532. The molecule has 0 aromatic carbocycles. The third-order valence-electron chi connectivity index (χ3n) is 4.48. The summed E-state index contributed by atoms with van der Waals surface area (Å²) >= 11 is 0. The number of rotatable bonds is 6. The third-order valence-corrected chi connectivity index (χ3v) is 4.48. The van der Waals surface area contributed by atoms with Crippen LogP contribution in [-0.4, -0.2) is 27.2 Å². The Morgan fingerprint density at radius 2 is 2.19 bits per heavy atom. The number of aromatic nitrogens is 3. The Labute approximate surface area is 160 Å². The summed E-state index contributed by atoms with van der Waals surface area (Å²) in [5.74, 6) is 0. The molecule has 0 saturated carbocycles. The summed E-state index contributed by atoms with van der Waals surface area (Å²) in [5.41, 5.74) is 6.86. The summed E-state index contributed by atoms with van der Waals surface area (Å²) < 4.78 is 2.11. The van der Waals surface area contributed by atoms with E-state index in [1.807, 2.05) is 51.3 Å². The molecule has 2 aromatic heterocycles. The first kappa shape index (κ1) is 18.7. The van der Waals surface area contributed by atoms with Gasteiger partial charge in [-0.05, 0) is 45.8 Å². The molecule has 3 heterocycles. The molecule has 0 spiro atoms. The molecule has 27 heavy (non-hydrogen) atoms. The number of nitrogens with zero attached hydrogens (tertiary/aromatic N) is 5. The van der Waals surface area contributed by atoms with Crippen molar-refractivity contribution in [1.29, 1.82) is 0 Å². The SMILES string of the molecule is C=CC=Nc1c(-c2c(/C(=C/C=C\C)N=CC)nn3c2CCC3)ccnc1C. The van der Waals surface area contributed by atoms with Crippen LogP contribution in [0.5, 0.6) is 0 Å². The molecule has 0 unspecified atom stereocenters. The van der Waals surface area contributed by atoms with E-state index in [0.717, 1.165) is 53.3 Å². The fourth-order valence-electron chi connectivity index (χ4n) is 3.35. The van der Waals surface area contributed by atoms with E-state index in [2.05, 4.69) is 26.2 Å². The molecule has 1 aliphatic heterocycles. The van der Waals surface area contributed by atoms with Gasteiger partial charge in [0, 0.05) is 42.0 Å². The fraction of sp³-hybridized carbons (Fsp3) is 0.273. The molecular formula is C22H25N5. The van der Waals surface area contributed by atoms with Gasteiger partial charge >= 0.3 is 0 Å². The van der Waals surface area contributed by atoms with Crippen LogP contribution >= 0.6 is 0 Å². The largest absolute Gasteiger partial charge is 0.268 e. The van der Waals surface area contributed by atoms with Crippen LogP contribution in [0.4, 0.5) is 5.69 Å². The predicted octanol–water partition coefficient (Wildman–Crippen LogP) is 5.10. The van der Waals surface area contributed by atoms with Crippen molar-refractivity contribution in [3.8, 4) is 11.1 Å². The molecular weight excluding hydrogens is 334 g/mol. The van der Waals surface area contributed by atoms with Gasteiger partial charge in [0.05, 0.1) is 17.1 Å². The number of hydrogen-bond donors (Lipinski definition) is 0. The molecule has 5 heteroatoms. The molecule has 0 N–H and O–H groups in total. The topological polar surface area (TPSA) is 55.4 Å². The average Bonchev–Trinajstić information content (AvgIpc) is 3.25. The highest BCUT2D eigenvalue weighted by Crippen LogP contribution is 2.40. The first-order valence-electron chi connectivity index (χ1n) is 9.24. The zero-order valence-electron chi connectivity index (χ0n) is 16.2.